The fraction of sp³-hybridized carbons (Fsp3) is 0.417. The number of H-pyrrole nitrogens is 1. The van der Waals surface area contributed by atoms with Crippen molar-refractivity contribution in [3.05, 3.63) is 28.8 Å². The summed E-state index contributed by atoms with van der Waals surface area (Å²) in [6.07, 6.45) is 0.935. The first-order chi connectivity index (χ1) is 7.45. The van der Waals surface area contributed by atoms with Crippen molar-refractivity contribution in [2.24, 2.45) is 0 Å². The second-order valence-corrected chi connectivity index (χ2v) is 4.98. The number of rotatable bonds is 2. The van der Waals surface area contributed by atoms with Gasteiger partial charge in [-0.1, -0.05) is 6.92 Å². The van der Waals surface area contributed by atoms with Crippen LogP contribution in [0.2, 0.25) is 0 Å². The van der Waals surface area contributed by atoms with Gasteiger partial charge in [0.15, 0.2) is 4.77 Å². The van der Waals surface area contributed by atoms with Gasteiger partial charge in [-0.2, -0.15) is 0 Å². The Bertz CT molecular complexity index is 580. The average molecular weight is 238 g/mol. The van der Waals surface area contributed by atoms with Crippen LogP contribution in [0.3, 0.4) is 0 Å². The molecular formula is C12H15FN2S. The molecule has 86 valence electrons. The van der Waals surface area contributed by atoms with Gasteiger partial charge in [0.1, 0.15) is 5.82 Å². The predicted octanol–water partition coefficient (Wildman–Crippen LogP) is 3.98. The van der Waals surface area contributed by atoms with Crippen LogP contribution in [0.25, 0.3) is 11.0 Å². The van der Waals surface area contributed by atoms with Gasteiger partial charge in [0.05, 0.1) is 11.0 Å². The lowest BCUT2D eigenvalue weighted by Gasteiger charge is -2.25. The molecule has 0 bridgehead atoms. The lowest BCUT2D eigenvalue weighted by Crippen LogP contribution is -2.25. The van der Waals surface area contributed by atoms with Crippen LogP contribution < -0.4 is 0 Å². The monoisotopic (exact) mass is 238 g/mol. The molecule has 0 saturated heterocycles. The van der Waals surface area contributed by atoms with Gasteiger partial charge >= 0.3 is 0 Å². The van der Waals surface area contributed by atoms with E-state index in [0.717, 1.165) is 17.5 Å². The summed E-state index contributed by atoms with van der Waals surface area (Å²) >= 11 is 5.30. The third-order valence-electron chi connectivity index (χ3n) is 3.12. The van der Waals surface area contributed by atoms with E-state index in [4.69, 9.17) is 12.2 Å². The number of aromatic nitrogens is 2. The van der Waals surface area contributed by atoms with Crippen LogP contribution >= 0.6 is 12.2 Å². The van der Waals surface area contributed by atoms with Crippen molar-refractivity contribution in [2.45, 2.75) is 32.7 Å². The Kier molecular flexibility index (Phi) is 2.62. The normalized spacial score (nSPS) is 12.2. The Hall–Kier alpha value is -1.16. The summed E-state index contributed by atoms with van der Waals surface area (Å²) in [5.41, 5.74) is 1.60. The van der Waals surface area contributed by atoms with E-state index in [0.29, 0.717) is 4.77 Å². The molecule has 0 aliphatic heterocycles. The first-order valence-electron chi connectivity index (χ1n) is 5.36. The summed E-state index contributed by atoms with van der Waals surface area (Å²) in [4.78, 5) is 3.11. The van der Waals surface area contributed by atoms with Crippen molar-refractivity contribution in [3.8, 4) is 0 Å². The number of imidazole rings is 1. The van der Waals surface area contributed by atoms with Crippen molar-refractivity contribution in [2.75, 3.05) is 0 Å². The van der Waals surface area contributed by atoms with Gasteiger partial charge in [0.2, 0.25) is 0 Å². The van der Waals surface area contributed by atoms with E-state index in [2.05, 4.69) is 25.8 Å². The van der Waals surface area contributed by atoms with E-state index in [1.807, 2.05) is 4.57 Å². The van der Waals surface area contributed by atoms with Crippen LogP contribution in [-0.2, 0) is 5.54 Å². The molecule has 0 radical (unpaired) electrons. The number of hydrogen-bond acceptors (Lipinski definition) is 1. The zero-order chi connectivity index (χ0) is 11.9. The van der Waals surface area contributed by atoms with E-state index in [1.165, 1.54) is 12.1 Å². The molecule has 1 heterocycles. The molecule has 0 unspecified atom stereocenters. The molecule has 0 aliphatic carbocycles. The lowest BCUT2D eigenvalue weighted by molar-refractivity contribution is 0.348. The van der Waals surface area contributed by atoms with Crippen molar-refractivity contribution in [1.82, 2.24) is 9.55 Å². The summed E-state index contributed by atoms with van der Waals surface area (Å²) in [5, 5.41) is 0. The Labute approximate surface area is 99.1 Å². The molecule has 1 N–H and O–H groups in total. The predicted molar refractivity (Wildman–Crippen MR) is 66.7 cm³/mol. The Morgan fingerprint density at radius 3 is 2.75 bits per heavy atom. The molecule has 0 atom stereocenters. The van der Waals surface area contributed by atoms with Crippen LogP contribution in [0.15, 0.2) is 18.2 Å². The first kappa shape index (κ1) is 11.3. The molecule has 0 saturated carbocycles. The number of nitrogens with zero attached hydrogens (tertiary/aromatic N) is 1. The molecule has 4 heteroatoms. The van der Waals surface area contributed by atoms with E-state index in [-0.39, 0.29) is 11.4 Å². The van der Waals surface area contributed by atoms with Gasteiger partial charge in [0, 0.05) is 5.54 Å². The van der Waals surface area contributed by atoms with E-state index in [1.54, 1.807) is 6.07 Å². The van der Waals surface area contributed by atoms with Crippen molar-refractivity contribution in [3.63, 3.8) is 0 Å². The van der Waals surface area contributed by atoms with Gasteiger partial charge in [-0.05, 0) is 50.7 Å². The molecule has 2 nitrogen and oxygen atoms in total. The second kappa shape index (κ2) is 3.70. The van der Waals surface area contributed by atoms with Crippen LogP contribution in [0.1, 0.15) is 27.2 Å². The molecule has 0 aliphatic rings. The van der Waals surface area contributed by atoms with Crippen molar-refractivity contribution < 1.29 is 4.39 Å². The maximum absolute atomic E-state index is 13.3. The van der Waals surface area contributed by atoms with E-state index < -0.39 is 0 Å². The number of nitrogens with one attached hydrogen (secondary N) is 1. The third kappa shape index (κ3) is 1.67. The molecule has 0 spiro atoms. The zero-order valence-corrected chi connectivity index (χ0v) is 10.5. The Morgan fingerprint density at radius 2 is 2.12 bits per heavy atom. The highest BCUT2D eigenvalue weighted by atomic mass is 32.1. The minimum absolute atomic E-state index is 0.108. The minimum Gasteiger partial charge on any atom is -0.331 e. The second-order valence-electron chi connectivity index (χ2n) is 4.59. The average Bonchev–Trinajstić information content (AvgIpc) is 2.54. The molecule has 1 aromatic heterocycles. The topological polar surface area (TPSA) is 20.7 Å². The number of benzene rings is 1. The summed E-state index contributed by atoms with van der Waals surface area (Å²) in [6, 6.07) is 4.69. The molecule has 0 fully saturated rings. The maximum Gasteiger partial charge on any atom is 0.178 e. The Morgan fingerprint density at radius 1 is 1.44 bits per heavy atom. The van der Waals surface area contributed by atoms with Gasteiger partial charge < -0.3 is 9.55 Å². The summed E-state index contributed by atoms with van der Waals surface area (Å²) in [5.74, 6) is -0.234. The quantitative estimate of drug-likeness (QED) is 0.785. The van der Waals surface area contributed by atoms with Crippen LogP contribution in [0.5, 0.6) is 0 Å². The van der Waals surface area contributed by atoms with E-state index >= 15 is 0 Å². The number of fused-ring (bicyclic) bond motifs is 1. The smallest absolute Gasteiger partial charge is 0.178 e. The summed E-state index contributed by atoms with van der Waals surface area (Å²) in [7, 11) is 0. The fourth-order valence-corrected chi connectivity index (χ4v) is 2.29. The molecule has 2 rings (SSSR count). The SMILES string of the molecule is CCC(C)(C)n1c(=S)[nH]c2ccc(F)cc21. The maximum atomic E-state index is 13.3. The highest BCUT2D eigenvalue weighted by Gasteiger charge is 2.21. The molecular weight excluding hydrogens is 223 g/mol. The number of halogens is 1. The van der Waals surface area contributed by atoms with Gasteiger partial charge in [-0.25, -0.2) is 4.39 Å². The van der Waals surface area contributed by atoms with E-state index in [9.17, 15) is 4.39 Å². The number of hydrogen-bond donors (Lipinski definition) is 1. The van der Waals surface area contributed by atoms with Gasteiger partial charge in [-0.15, -0.1) is 0 Å². The highest BCUT2D eigenvalue weighted by Crippen LogP contribution is 2.26. The van der Waals surface area contributed by atoms with Gasteiger partial charge in [0.25, 0.3) is 0 Å². The van der Waals surface area contributed by atoms with Crippen molar-refractivity contribution in [1.29, 1.82) is 0 Å². The van der Waals surface area contributed by atoms with Crippen LogP contribution in [0.4, 0.5) is 4.39 Å². The minimum atomic E-state index is -0.234. The zero-order valence-electron chi connectivity index (χ0n) is 9.67. The molecule has 0 amide bonds. The lowest BCUT2D eigenvalue weighted by atomic mass is 10.0. The standard InChI is InChI=1S/C12H15FN2S/c1-4-12(2,3)15-10-7-8(13)5-6-9(10)14-11(15)16/h5-7H,4H2,1-3H3,(H,14,16). The van der Waals surface area contributed by atoms with Crippen molar-refractivity contribution >= 4 is 23.3 Å². The molecule has 1 aromatic carbocycles. The fourth-order valence-electron chi connectivity index (χ4n) is 1.84. The van der Waals surface area contributed by atoms with Crippen LogP contribution in [0, 0.1) is 10.6 Å². The van der Waals surface area contributed by atoms with Gasteiger partial charge in [-0.3, -0.25) is 0 Å². The summed E-state index contributed by atoms with van der Waals surface area (Å²) in [6.45, 7) is 6.29. The summed E-state index contributed by atoms with van der Waals surface area (Å²) < 4.78 is 15.9. The largest absolute Gasteiger partial charge is 0.331 e. The number of aromatic amines is 1. The molecule has 16 heavy (non-hydrogen) atoms. The highest BCUT2D eigenvalue weighted by molar-refractivity contribution is 7.71. The Balaban J connectivity index is 2.83. The first-order valence-corrected chi connectivity index (χ1v) is 5.77. The molecule has 2 aromatic rings. The van der Waals surface area contributed by atoms with Crippen LogP contribution in [-0.4, -0.2) is 9.55 Å². The third-order valence-corrected chi connectivity index (χ3v) is 3.40.